The van der Waals surface area contributed by atoms with E-state index in [1.807, 2.05) is 6.92 Å². The lowest BCUT2D eigenvalue weighted by molar-refractivity contribution is 0.0961. The normalized spacial score (nSPS) is 16.1. The standard InChI is InChI=1S/C11H16N2O/c1-7(2)13-8(3)12-9-5-4-6-10(14)11(9)13/h7H,4-6H2,1-3H3. The SMILES string of the molecule is Cc1nc2c(n1C(C)C)C(=O)CCC2. The van der Waals surface area contributed by atoms with Gasteiger partial charge in [0.15, 0.2) is 5.78 Å². The Balaban J connectivity index is 2.59. The van der Waals surface area contributed by atoms with Crippen molar-refractivity contribution < 1.29 is 4.79 Å². The second-order valence-electron chi connectivity index (χ2n) is 4.19. The first-order chi connectivity index (χ1) is 6.61. The second kappa shape index (κ2) is 3.23. The average Bonchev–Trinajstić information content (AvgIpc) is 2.42. The summed E-state index contributed by atoms with van der Waals surface area (Å²) < 4.78 is 2.07. The van der Waals surface area contributed by atoms with Crippen LogP contribution in [0, 0.1) is 6.92 Å². The lowest BCUT2D eigenvalue weighted by Crippen LogP contribution is -2.17. The highest BCUT2D eigenvalue weighted by molar-refractivity contribution is 5.96. The number of carbonyl (C=O) groups is 1. The number of fused-ring (bicyclic) bond motifs is 1. The van der Waals surface area contributed by atoms with Gasteiger partial charge < -0.3 is 4.57 Å². The van der Waals surface area contributed by atoms with Crippen LogP contribution in [-0.4, -0.2) is 15.3 Å². The third kappa shape index (κ3) is 1.27. The molecule has 0 unspecified atom stereocenters. The highest BCUT2D eigenvalue weighted by Gasteiger charge is 2.25. The largest absolute Gasteiger partial charge is 0.323 e. The third-order valence-electron chi connectivity index (χ3n) is 2.76. The van der Waals surface area contributed by atoms with Crippen molar-refractivity contribution in [2.24, 2.45) is 0 Å². The van der Waals surface area contributed by atoms with E-state index in [4.69, 9.17) is 0 Å². The minimum absolute atomic E-state index is 0.264. The van der Waals surface area contributed by atoms with Gasteiger partial charge in [0.1, 0.15) is 11.5 Å². The lowest BCUT2D eigenvalue weighted by atomic mass is 9.99. The molecule has 0 radical (unpaired) electrons. The molecule has 0 bridgehead atoms. The van der Waals surface area contributed by atoms with E-state index in [0.717, 1.165) is 30.1 Å². The summed E-state index contributed by atoms with van der Waals surface area (Å²) >= 11 is 0. The Hall–Kier alpha value is -1.12. The molecule has 0 amide bonds. The van der Waals surface area contributed by atoms with E-state index in [1.165, 1.54) is 0 Å². The topological polar surface area (TPSA) is 34.9 Å². The van der Waals surface area contributed by atoms with Gasteiger partial charge in [-0.05, 0) is 33.6 Å². The minimum atomic E-state index is 0.264. The van der Waals surface area contributed by atoms with Crippen molar-refractivity contribution >= 4 is 5.78 Å². The van der Waals surface area contributed by atoms with Crippen LogP contribution in [0.25, 0.3) is 0 Å². The van der Waals surface area contributed by atoms with Crippen molar-refractivity contribution in [1.29, 1.82) is 0 Å². The Kier molecular flexibility index (Phi) is 2.17. The summed E-state index contributed by atoms with van der Waals surface area (Å²) in [6.45, 7) is 6.17. The quantitative estimate of drug-likeness (QED) is 0.684. The predicted octanol–water partition coefficient (Wildman–Crippen LogP) is 2.29. The van der Waals surface area contributed by atoms with Gasteiger partial charge in [-0.2, -0.15) is 0 Å². The van der Waals surface area contributed by atoms with E-state index in [0.29, 0.717) is 12.5 Å². The molecule has 3 nitrogen and oxygen atoms in total. The Morgan fingerprint density at radius 3 is 2.71 bits per heavy atom. The molecule has 0 spiro atoms. The number of rotatable bonds is 1. The van der Waals surface area contributed by atoms with Gasteiger partial charge in [-0.25, -0.2) is 4.98 Å². The number of hydrogen-bond donors (Lipinski definition) is 0. The second-order valence-corrected chi connectivity index (χ2v) is 4.19. The Morgan fingerprint density at radius 1 is 1.36 bits per heavy atom. The molecular weight excluding hydrogens is 176 g/mol. The molecule has 1 aromatic rings. The Labute approximate surface area is 84.1 Å². The molecule has 76 valence electrons. The third-order valence-corrected chi connectivity index (χ3v) is 2.76. The molecule has 2 rings (SSSR count). The van der Waals surface area contributed by atoms with Crippen molar-refractivity contribution in [3.05, 3.63) is 17.2 Å². The van der Waals surface area contributed by atoms with Crippen molar-refractivity contribution in [3.63, 3.8) is 0 Å². The summed E-state index contributed by atoms with van der Waals surface area (Å²) in [6, 6.07) is 0.327. The number of imidazole rings is 1. The molecular formula is C11H16N2O. The lowest BCUT2D eigenvalue weighted by Gasteiger charge is -2.16. The first-order valence-corrected chi connectivity index (χ1v) is 5.22. The first kappa shape index (κ1) is 9.44. The summed E-state index contributed by atoms with van der Waals surface area (Å²) in [7, 11) is 0. The monoisotopic (exact) mass is 192 g/mol. The maximum Gasteiger partial charge on any atom is 0.181 e. The molecule has 0 aliphatic heterocycles. The van der Waals surface area contributed by atoms with Crippen LogP contribution in [0.15, 0.2) is 0 Å². The van der Waals surface area contributed by atoms with Crippen LogP contribution in [-0.2, 0) is 6.42 Å². The van der Waals surface area contributed by atoms with E-state index >= 15 is 0 Å². The van der Waals surface area contributed by atoms with Crippen LogP contribution in [0.3, 0.4) is 0 Å². The van der Waals surface area contributed by atoms with Crippen LogP contribution in [0.1, 0.15) is 54.7 Å². The van der Waals surface area contributed by atoms with Crippen LogP contribution < -0.4 is 0 Å². The highest BCUT2D eigenvalue weighted by atomic mass is 16.1. The Bertz CT molecular complexity index is 377. The van der Waals surface area contributed by atoms with Gasteiger partial charge in [0.05, 0.1) is 5.69 Å². The van der Waals surface area contributed by atoms with Crippen molar-refractivity contribution in [1.82, 2.24) is 9.55 Å². The first-order valence-electron chi connectivity index (χ1n) is 5.22. The van der Waals surface area contributed by atoms with Crippen molar-refractivity contribution in [2.45, 2.75) is 46.1 Å². The molecule has 0 saturated heterocycles. The van der Waals surface area contributed by atoms with Gasteiger partial charge in [0, 0.05) is 12.5 Å². The van der Waals surface area contributed by atoms with Gasteiger partial charge in [0.25, 0.3) is 0 Å². The molecule has 1 heterocycles. The number of carbonyl (C=O) groups excluding carboxylic acids is 1. The van der Waals surface area contributed by atoms with Gasteiger partial charge in [-0.1, -0.05) is 0 Å². The Morgan fingerprint density at radius 2 is 2.07 bits per heavy atom. The number of aromatic nitrogens is 2. The molecule has 3 heteroatoms. The summed E-state index contributed by atoms with van der Waals surface area (Å²) in [5.41, 5.74) is 1.87. The minimum Gasteiger partial charge on any atom is -0.323 e. The molecule has 1 aliphatic carbocycles. The van der Waals surface area contributed by atoms with Gasteiger partial charge in [0.2, 0.25) is 0 Å². The van der Waals surface area contributed by atoms with E-state index in [1.54, 1.807) is 0 Å². The van der Waals surface area contributed by atoms with Gasteiger partial charge in [-0.15, -0.1) is 0 Å². The van der Waals surface area contributed by atoms with E-state index in [9.17, 15) is 4.79 Å². The molecule has 14 heavy (non-hydrogen) atoms. The zero-order valence-corrected chi connectivity index (χ0v) is 9.00. The number of Topliss-reactive ketones (excluding diaryl/α,β-unsaturated/α-hetero) is 1. The van der Waals surface area contributed by atoms with Crippen LogP contribution in [0.5, 0.6) is 0 Å². The molecule has 0 atom stereocenters. The molecule has 0 fully saturated rings. The van der Waals surface area contributed by atoms with Crippen LogP contribution in [0.2, 0.25) is 0 Å². The highest BCUT2D eigenvalue weighted by Crippen LogP contribution is 2.24. The maximum absolute atomic E-state index is 11.8. The average molecular weight is 192 g/mol. The molecule has 0 saturated carbocycles. The zero-order chi connectivity index (χ0) is 10.3. The predicted molar refractivity (Wildman–Crippen MR) is 54.6 cm³/mol. The van der Waals surface area contributed by atoms with Crippen LogP contribution >= 0.6 is 0 Å². The summed E-state index contributed by atoms with van der Waals surface area (Å²) in [4.78, 5) is 16.2. The summed E-state index contributed by atoms with van der Waals surface area (Å²) in [5.74, 6) is 1.24. The zero-order valence-electron chi connectivity index (χ0n) is 9.00. The number of ketones is 1. The van der Waals surface area contributed by atoms with Gasteiger partial charge in [-0.3, -0.25) is 4.79 Å². The molecule has 1 aliphatic rings. The van der Waals surface area contributed by atoms with Crippen molar-refractivity contribution in [2.75, 3.05) is 0 Å². The number of nitrogens with zero attached hydrogens (tertiary/aromatic N) is 2. The molecule has 0 N–H and O–H groups in total. The van der Waals surface area contributed by atoms with Crippen LogP contribution in [0.4, 0.5) is 0 Å². The summed E-state index contributed by atoms with van der Waals surface area (Å²) in [5, 5.41) is 0. The number of hydrogen-bond acceptors (Lipinski definition) is 2. The number of aryl methyl sites for hydroxylation is 2. The van der Waals surface area contributed by atoms with E-state index < -0.39 is 0 Å². The summed E-state index contributed by atoms with van der Waals surface area (Å²) in [6.07, 6.45) is 2.60. The van der Waals surface area contributed by atoms with E-state index in [2.05, 4.69) is 23.4 Å². The molecule has 0 aromatic carbocycles. The fourth-order valence-electron chi connectivity index (χ4n) is 2.24. The maximum atomic E-state index is 11.8. The van der Waals surface area contributed by atoms with Gasteiger partial charge >= 0.3 is 0 Å². The van der Waals surface area contributed by atoms with E-state index in [-0.39, 0.29) is 5.78 Å². The smallest absolute Gasteiger partial charge is 0.181 e. The molecule has 1 aromatic heterocycles. The fraction of sp³-hybridized carbons (Fsp3) is 0.636. The fourth-order valence-corrected chi connectivity index (χ4v) is 2.24. The van der Waals surface area contributed by atoms with Crippen molar-refractivity contribution in [3.8, 4) is 0 Å².